The molecule has 7 nitrogen and oxygen atoms in total. The third-order valence-electron chi connectivity index (χ3n) is 2.10. The number of rotatable bonds is 6. The molecule has 0 bridgehead atoms. The van der Waals surface area contributed by atoms with E-state index in [-0.39, 0.29) is 23.9 Å². The summed E-state index contributed by atoms with van der Waals surface area (Å²) < 4.78 is 22.2. The Hall–Kier alpha value is -1.31. The van der Waals surface area contributed by atoms with Crippen LogP contribution >= 0.6 is 0 Å². The monoisotopic (exact) mass is 251 g/mol. The Morgan fingerprint density at radius 3 is 2.56 bits per heavy atom. The fourth-order valence-electron chi connectivity index (χ4n) is 0.848. The molecule has 1 atom stereocenters. The lowest BCUT2D eigenvalue weighted by Crippen LogP contribution is -2.39. The van der Waals surface area contributed by atoms with Gasteiger partial charge in [0, 0.05) is 12.3 Å². The van der Waals surface area contributed by atoms with Crippen molar-refractivity contribution >= 4 is 21.6 Å². The van der Waals surface area contributed by atoms with Crippen LogP contribution in [0.2, 0.25) is 0 Å². The molecule has 0 aliphatic rings. The molecule has 0 aromatic rings. The maximum Gasteiger partial charge on any atom is 0.230 e. The van der Waals surface area contributed by atoms with Crippen molar-refractivity contribution in [2.75, 3.05) is 18.1 Å². The summed E-state index contributed by atoms with van der Waals surface area (Å²) in [4.78, 5) is 11.3. The van der Waals surface area contributed by atoms with Gasteiger partial charge in [-0.15, -0.1) is 0 Å². The first-order chi connectivity index (χ1) is 7.34. The van der Waals surface area contributed by atoms with Crippen LogP contribution in [0.25, 0.3) is 0 Å². The van der Waals surface area contributed by atoms with Crippen molar-refractivity contribution in [3.05, 3.63) is 0 Å². The van der Waals surface area contributed by atoms with Crippen LogP contribution in [0.3, 0.4) is 0 Å². The van der Waals surface area contributed by atoms with Crippen molar-refractivity contribution in [3.63, 3.8) is 0 Å². The predicted molar refractivity (Wildman–Crippen MR) is 59.9 cm³/mol. The molecule has 0 aliphatic heterocycles. The van der Waals surface area contributed by atoms with Crippen LogP contribution in [0, 0.1) is 5.92 Å². The molecule has 0 rings (SSSR count). The van der Waals surface area contributed by atoms with E-state index in [2.05, 4.69) is 10.5 Å². The Morgan fingerprint density at radius 2 is 2.12 bits per heavy atom. The van der Waals surface area contributed by atoms with Crippen LogP contribution in [-0.2, 0) is 14.6 Å². The van der Waals surface area contributed by atoms with Crippen molar-refractivity contribution in [3.8, 4) is 0 Å². The summed E-state index contributed by atoms with van der Waals surface area (Å²) in [6.45, 7) is 3.02. The summed E-state index contributed by atoms with van der Waals surface area (Å²) in [6.07, 6.45) is 0. The number of oxime groups is 1. The van der Waals surface area contributed by atoms with Crippen molar-refractivity contribution in [2.45, 2.75) is 13.8 Å². The zero-order valence-corrected chi connectivity index (χ0v) is 10.1. The van der Waals surface area contributed by atoms with E-state index >= 15 is 0 Å². The zero-order valence-electron chi connectivity index (χ0n) is 9.30. The molecule has 0 heterocycles. The van der Waals surface area contributed by atoms with Gasteiger partial charge in [-0.2, -0.15) is 0 Å². The Balaban J connectivity index is 4.10. The van der Waals surface area contributed by atoms with Gasteiger partial charge < -0.3 is 16.3 Å². The molecule has 0 aliphatic carbocycles. The van der Waals surface area contributed by atoms with Crippen LogP contribution in [-0.4, -0.2) is 43.4 Å². The van der Waals surface area contributed by atoms with Gasteiger partial charge in [-0.3, -0.25) is 4.79 Å². The third-order valence-corrected chi connectivity index (χ3v) is 3.81. The Kier molecular flexibility index (Phi) is 5.79. The standard InChI is InChI=1S/C8H17N3O4S/c1-3-16(14,15)5-4-10-8(12)6(2)7(9)11-13/h6,13H,3-5H2,1-2H3,(H2,9,11)(H,10,12). The van der Waals surface area contributed by atoms with E-state index in [0.29, 0.717) is 0 Å². The first-order valence-electron chi connectivity index (χ1n) is 4.79. The molecule has 16 heavy (non-hydrogen) atoms. The lowest BCUT2D eigenvalue weighted by atomic mass is 10.1. The molecule has 4 N–H and O–H groups in total. The van der Waals surface area contributed by atoms with Gasteiger partial charge in [-0.25, -0.2) is 8.42 Å². The smallest absolute Gasteiger partial charge is 0.230 e. The molecule has 1 unspecified atom stereocenters. The highest BCUT2D eigenvalue weighted by molar-refractivity contribution is 7.91. The van der Waals surface area contributed by atoms with E-state index in [1.165, 1.54) is 13.8 Å². The molecule has 0 aromatic carbocycles. The van der Waals surface area contributed by atoms with Crippen LogP contribution in [0.4, 0.5) is 0 Å². The minimum absolute atomic E-state index is 0.0258. The second kappa shape index (κ2) is 6.31. The number of nitrogens with zero attached hydrogens (tertiary/aromatic N) is 1. The molecule has 0 fully saturated rings. The van der Waals surface area contributed by atoms with E-state index in [1.807, 2.05) is 0 Å². The number of nitrogens with one attached hydrogen (secondary N) is 1. The largest absolute Gasteiger partial charge is 0.409 e. The third kappa shape index (κ3) is 4.96. The second-order valence-corrected chi connectivity index (χ2v) is 5.75. The van der Waals surface area contributed by atoms with E-state index < -0.39 is 21.7 Å². The topological polar surface area (TPSA) is 122 Å². The van der Waals surface area contributed by atoms with E-state index in [1.54, 1.807) is 0 Å². The summed E-state index contributed by atoms with van der Waals surface area (Å²) >= 11 is 0. The Bertz CT molecular complexity index is 363. The van der Waals surface area contributed by atoms with Gasteiger partial charge >= 0.3 is 0 Å². The highest BCUT2D eigenvalue weighted by Gasteiger charge is 2.17. The fraction of sp³-hybridized carbons (Fsp3) is 0.750. The van der Waals surface area contributed by atoms with E-state index in [0.717, 1.165) is 0 Å². The molecule has 0 saturated heterocycles. The average molecular weight is 251 g/mol. The van der Waals surface area contributed by atoms with Crippen molar-refractivity contribution in [2.24, 2.45) is 16.8 Å². The minimum atomic E-state index is -3.09. The number of nitrogens with two attached hydrogens (primary N) is 1. The lowest BCUT2D eigenvalue weighted by Gasteiger charge is -2.10. The number of carbonyl (C=O) groups excluding carboxylic acids is 1. The first-order valence-corrected chi connectivity index (χ1v) is 6.61. The van der Waals surface area contributed by atoms with Crippen molar-refractivity contribution in [1.29, 1.82) is 0 Å². The number of amides is 1. The first kappa shape index (κ1) is 14.7. The number of amidine groups is 1. The summed E-state index contributed by atoms with van der Waals surface area (Å²) in [6, 6.07) is 0. The minimum Gasteiger partial charge on any atom is -0.409 e. The number of hydrogen-bond acceptors (Lipinski definition) is 5. The molecular formula is C8H17N3O4S. The van der Waals surface area contributed by atoms with Crippen LogP contribution in [0.1, 0.15) is 13.8 Å². The molecule has 0 radical (unpaired) electrons. The fourth-order valence-corrected chi connectivity index (χ4v) is 1.55. The molecule has 1 amide bonds. The Labute approximate surface area is 94.6 Å². The summed E-state index contributed by atoms with van der Waals surface area (Å²) in [5.74, 6) is -1.54. The quantitative estimate of drug-likeness (QED) is 0.240. The molecule has 8 heteroatoms. The summed E-state index contributed by atoms with van der Waals surface area (Å²) in [5, 5.41) is 13.4. The van der Waals surface area contributed by atoms with E-state index in [4.69, 9.17) is 10.9 Å². The lowest BCUT2D eigenvalue weighted by molar-refractivity contribution is -0.122. The molecule has 0 saturated carbocycles. The van der Waals surface area contributed by atoms with Crippen LogP contribution in [0.5, 0.6) is 0 Å². The zero-order chi connectivity index (χ0) is 12.8. The van der Waals surface area contributed by atoms with Gasteiger partial charge in [0.25, 0.3) is 0 Å². The van der Waals surface area contributed by atoms with Crippen LogP contribution < -0.4 is 11.1 Å². The van der Waals surface area contributed by atoms with Gasteiger partial charge in [0.05, 0.1) is 11.7 Å². The highest BCUT2D eigenvalue weighted by atomic mass is 32.2. The number of carbonyl (C=O) groups is 1. The SMILES string of the molecule is CCS(=O)(=O)CCNC(=O)C(C)C(N)=NO. The Morgan fingerprint density at radius 1 is 1.56 bits per heavy atom. The maximum absolute atomic E-state index is 11.3. The van der Waals surface area contributed by atoms with Gasteiger partial charge in [0.15, 0.2) is 15.7 Å². The second-order valence-electron chi connectivity index (χ2n) is 3.27. The molecule has 0 spiro atoms. The normalized spacial score (nSPS) is 14.5. The number of sulfone groups is 1. The summed E-state index contributed by atoms with van der Waals surface area (Å²) in [5.41, 5.74) is 5.22. The van der Waals surface area contributed by atoms with Gasteiger partial charge in [-0.05, 0) is 6.92 Å². The van der Waals surface area contributed by atoms with E-state index in [9.17, 15) is 13.2 Å². The highest BCUT2D eigenvalue weighted by Crippen LogP contribution is 1.95. The number of hydrogen-bond donors (Lipinski definition) is 3. The molecule has 94 valence electrons. The predicted octanol–water partition coefficient (Wildman–Crippen LogP) is -1.08. The van der Waals surface area contributed by atoms with Crippen LogP contribution in [0.15, 0.2) is 5.16 Å². The van der Waals surface area contributed by atoms with Gasteiger partial charge in [0.2, 0.25) is 5.91 Å². The van der Waals surface area contributed by atoms with Gasteiger partial charge in [-0.1, -0.05) is 12.1 Å². The molecular weight excluding hydrogens is 234 g/mol. The molecule has 0 aromatic heterocycles. The summed E-state index contributed by atoms with van der Waals surface area (Å²) in [7, 11) is -3.09. The maximum atomic E-state index is 11.3. The van der Waals surface area contributed by atoms with Crippen molar-refractivity contribution < 1.29 is 18.4 Å². The van der Waals surface area contributed by atoms with Gasteiger partial charge in [0.1, 0.15) is 0 Å². The van der Waals surface area contributed by atoms with Crippen molar-refractivity contribution in [1.82, 2.24) is 5.32 Å². The average Bonchev–Trinajstić information content (AvgIpc) is 2.26.